The summed E-state index contributed by atoms with van der Waals surface area (Å²) >= 11 is 0. The fourth-order valence-electron chi connectivity index (χ4n) is 2.74. The van der Waals surface area contributed by atoms with Gasteiger partial charge in [0.1, 0.15) is 5.82 Å². The fraction of sp³-hybridized carbons (Fsp3) is 0.500. The summed E-state index contributed by atoms with van der Waals surface area (Å²) in [6.45, 7) is 0. The van der Waals surface area contributed by atoms with Gasteiger partial charge in [-0.15, -0.1) is 0 Å². The molecule has 0 bridgehead atoms. The first-order valence-electron chi connectivity index (χ1n) is 7.36. The summed E-state index contributed by atoms with van der Waals surface area (Å²) in [4.78, 5) is 22.0. The minimum Gasteiger partial charge on any atom is -0.487 e. The van der Waals surface area contributed by atoms with Crippen LogP contribution in [-0.4, -0.2) is 30.3 Å². The van der Waals surface area contributed by atoms with Crippen LogP contribution in [-0.2, 0) is 9.53 Å². The molecule has 5 nitrogen and oxygen atoms in total. The molecular formula is C16H18F2O5. The largest absolute Gasteiger partial charge is 0.487 e. The van der Waals surface area contributed by atoms with Crippen molar-refractivity contribution in [3.63, 3.8) is 0 Å². The van der Waals surface area contributed by atoms with Crippen molar-refractivity contribution < 1.29 is 33.0 Å². The van der Waals surface area contributed by atoms with E-state index in [2.05, 4.69) is 4.74 Å². The van der Waals surface area contributed by atoms with E-state index >= 15 is 0 Å². The van der Waals surface area contributed by atoms with E-state index in [1.165, 1.54) is 7.11 Å². The molecule has 126 valence electrons. The second kappa shape index (κ2) is 7.39. The quantitative estimate of drug-likeness (QED) is 0.841. The molecule has 0 radical (unpaired) electrons. The van der Waals surface area contributed by atoms with Crippen LogP contribution in [0.2, 0.25) is 0 Å². The Morgan fingerprint density at radius 1 is 1.17 bits per heavy atom. The molecule has 1 aromatic carbocycles. The molecule has 1 N–H and O–H groups in total. The number of halogens is 2. The van der Waals surface area contributed by atoms with Crippen molar-refractivity contribution in [1.29, 1.82) is 0 Å². The summed E-state index contributed by atoms with van der Waals surface area (Å²) in [5, 5.41) is 8.74. The molecule has 1 aromatic rings. The number of hydrogen-bond acceptors (Lipinski definition) is 4. The van der Waals surface area contributed by atoms with E-state index in [4.69, 9.17) is 9.84 Å². The Hall–Kier alpha value is -2.18. The Morgan fingerprint density at radius 3 is 2.39 bits per heavy atom. The van der Waals surface area contributed by atoms with Crippen molar-refractivity contribution in [2.24, 2.45) is 5.92 Å². The van der Waals surface area contributed by atoms with Crippen molar-refractivity contribution in [3.8, 4) is 5.75 Å². The fourth-order valence-corrected chi connectivity index (χ4v) is 2.74. The SMILES string of the molecule is COC(=O)CC1CCC(Oc2cc(F)c(C(=O)O)cc2F)CC1. The number of methoxy groups -OCH3 is 1. The molecule has 1 fully saturated rings. The average Bonchev–Trinajstić information content (AvgIpc) is 2.52. The summed E-state index contributed by atoms with van der Waals surface area (Å²) in [6, 6.07) is 1.38. The Bertz CT molecular complexity index is 594. The number of carboxylic acids is 1. The van der Waals surface area contributed by atoms with E-state index in [1.54, 1.807) is 0 Å². The van der Waals surface area contributed by atoms with Crippen LogP contribution in [0.3, 0.4) is 0 Å². The van der Waals surface area contributed by atoms with Crippen LogP contribution in [0.5, 0.6) is 5.75 Å². The van der Waals surface area contributed by atoms with Crippen molar-refractivity contribution in [3.05, 3.63) is 29.3 Å². The van der Waals surface area contributed by atoms with E-state index < -0.39 is 23.2 Å². The third-order valence-corrected chi connectivity index (χ3v) is 4.02. The maximum atomic E-state index is 13.8. The van der Waals surface area contributed by atoms with E-state index in [0.717, 1.165) is 18.9 Å². The Balaban J connectivity index is 1.95. The smallest absolute Gasteiger partial charge is 0.338 e. The third-order valence-electron chi connectivity index (χ3n) is 4.02. The van der Waals surface area contributed by atoms with Gasteiger partial charge in [-0.05, 0) is 37.7 Å². The number of aromatic carboxylic acids is 1. The molecule has 0 amide bonds. The number of hydrogen-bond donors (Lipinski definition) is 1. The van der Waals surface area contributed by atoms with Gasteiger partial charge in [0.25, 0.3) is 0 Å². The molecule has 23 heavy (non-hydrogen) atoms. The third kappa shape index (κ3) is 4.40. The van der Waals surface area contributed by atoms with Gasteiger partial charge in [-0.3, -0.25) is 4.79 Å². The summed E-state index contributed by atoms with van der Waals surface area (Å²) in [7, 11) is 1.34. The molecule has 1 aliphatic carbocycles. The highest BCUT2D eigenvalue weighted by atomic mass is 19.1. The lowest BCUT2D eigenvalue weighted by molar-refractivity contribution is -0.142. The molecule has 2 rings (SSSR count). The standard InChI is InChI=1S/C16H18F2O5/c1-22-15(19)6-9-2-4-10(5-3-9)23-14-8-12(17)11(16(20)21)7-13(14)18/h7-10H,2-6H2,1H3,(H,20,21). The van der Waals surface area contributed by atoms with Crippen LogP contribution in [0.1, 0.15) is 42.5 Å². The maximum Gasteiger partial charge on any atom is 0.338 e. The molecule has 0 unspecified atom stereocenters. The van der Waals surface area contributed by atoms with Gasteiger partial charge < -0.3 is 14.6 Å². The lowest BCUT2D eigenvalue weighted by atomic mass is 9.85. The number of rotatable bonds is 5. The Labute approximate surface area is 132 Å². The number of esters is 1. The van der Waals surface area contributed by atoms with Gasteiger partial charge in [-0.25, -0.2) is 13.6 Å². The normalized spacial score (nSPS) is 20.8. The molecular weight excluding hydrogens is 310 g/mol. The highest BCUT2D eigenvalue weighted by Crippen LogP contribution is 2.31. The second-order valence-electron chi connectivity index (χ2n) is 5.61. The van der Waals surface area contributed by atoms with Gasteiger partial charge in [0.05, 0.1) is 18.8 Å². The molecule has 0 heterocycles. The summed E-state index contributed by atoms with van der Waals surface area (Å²) in [5.74, 6) is -3.81. The molecule has 7 heteroatoms. The average molecular weight is 328 g/mol. The van der Waals surface area contributed by atoms with Crippen molar-refractivity contribution >= 4 is 11.9 Å². The topological polar surface area (TPSA) is 72.8 Å². The first-order chi connectivity index (χ1) is 10.9. The highest BCUT2D eigenvalue weighted by molar-refractivity contribution is 5.88. The molecule has 1 saturated carbocycles. The highest BCUT2D eigenvalue weighted by Gasteiger charge is 2.26. The van der Waals surface area contributed by atoms with E-state index in [1.807, 2.05) is 0 Å². The van der Waals surface area contributed by atoms with E-state index in [-0.39, 0.29) is 23.7 Å². The first kappa shape index (κ1) is 17.2. The zero-order chi connectivity index (χ0) is 17.0. The molecule has 0 atom stereocenters. The van der Waals surface area contributed by atoms with Gasteiger partial charge in [-0.2, -0.15) is 0 Å². The van der Waals surface area contributed by atoms with Gasteiger partial charge in [0.2, 0.25) is 0 Å². The van der Waals surface area contributed by atoms with Crippen LogP contribution in [0.25, 0.3) is 0 Å². The monoisotopic (exact) mass is 328 g/mol. The van der Waals surface area contributed by atoms with Crippen LogP contribution < -0.4 is 4.74 Å². The Kier molecular flexibility index (Phi) is 5.52. The van der Waals surface area contributed by atoms with Crippen LogP contribution in [0.4, 0.5) is 8.78 Å². The van der Waals surface area contributed by atoms with Crippen molar-refractivity contribution in [2.45, 2.75) is 38.2 Å². The van der Waals surface area contributed by atoms with Crippen LogP contribution in [0, 0.1) is 17.6 Å². The summed E-state index contributed by atoms with van der Waals surface area (Å²) in [5.41, 5.74) is -0.725. The van der Waals surface area contributed by atoms with Gasteiger partial charge in [0, 0.05) is 12.5 Å². The van der Waals surface area contributed by atoms with Crippen molar-refractivity contribution in [1.82, 2.24) is 0 Å². The molecule has 0 spiro atoms. The van der Waals surface area contributed by atoms with Crippen molar-refractivity contribution in [2.75, 3.05) is 7.11 Å². The lowest BCUT2D eigenvalue weighted by Gasteiger charge is -2.28. The maximum absolute atomic E-state index is 13.8. The number of carboxylic acid groups (broad SMARTS) is 1. The first-order valence-corrected chi connectivity index (χ1v) is 7.36. The minimum atomic E-state index is -1.53. The van der Waals surface area contributed by atoms with Crippen LogP contribution in [0.15, 0.2) is 12.1 Å². The lowest BCUT2D eigenvalue weighted by Crippen LogP contribution is -2.26. The number of benzene rings is 1. The number of carbonyl (C=O) groups excluding carboxylic acids is 1. The molecule has 0 saturated heterocycles. The molecule has 0 aromatic heterocycles. The van der Waals surface area contributed by atoms with E-state index in [9.17, 15) is 18.4 Å². The second-order valence-corrected chi connectivity index (χ2v) is 5.61. The molecule has 0 aliphatic heterocycles. The predicted octanol–water partition coefficient (Wildman–Crippen LogP) is 3.16. The number of ether oxygens (including phenoxy) is 2. The van der Waals surface area contributed by atoms with Crippen LogP contribution >= 0.6 is 0 Å². The zero-order valence-corrected chi connectivity index (χ0v) is 12.7. The zero-order valence-electron chi connectivity index (χ0n) is 12.7. The predicted molar refractivity (Wildman–Crippen MR) is 76.3 cm³/mol. The van der Waals surface area contributed by atoms with Gasteiger partial charge in [-0.1, -0.05) is 0 Å². The minimum absolute atomic E-state index is 0.207. The van der Waals surface area contributed by atoms with Gasteiger partial charge in [0.15, 0.2) is 11.6 Å². The number of carbonyl (C=O) groups is 2. The molecule has 1 aliphatic rings. The van der Waals surface area contributed by atoms with E-state index in [0.29, 0.717) is 25.3 Å². The summed E-state index contributed by atoms with van der Waals surface area (Å²) < 4.78 is 37.5. The van der Waals surface area contributed by atoms with Gasteiger partial charge >= 0.3 is 11.9 Å². The summed E-state index contributed by atoms with van der Waals surface area (Å²) in [6.07, 6.45) is 2.76. The Morgan fingerprint density at radius 2 is 1.83 bits per heavy atom.